The molecule has 27 heavy (non-hydrogen) atoms. The van der Waals surface area contributed by atoms with Gasteiger partial charge in [0.25, 0.3) is 0 Å². The lowest BCUT2D eigenvalue weighted by Crippen LogP contribution is -2.33. The summed E-state index contributed by atoms with van der Waals surface area (Å²) in [5, 5.41) is 3.70. The first-order valence-corrected chi connectivity index (χ1v) is 9.66. The van der Waals surface area contributed by atoms with Crippen LogP contribution >= 0.6 is 11.6 Å². The standard InChI is InChI=1S/C22H27ClN2O2/c1-4-19-9-5-7-16(2)22(19)24-21(27)12-14-25(17(3)26)13-11-18-8-6-10-20(23)15-18/h5-10,15H,4,11-14H2,1-3H3,(H,24,27). The van der Waals surface area contributed by atoms with Crippen molar-refractivity contribution in [3.05, 3.63) is 64.2 Å². The second-order valence-corrected chi connectivity index (χ2v) is 7.08. The van der Waals surface area contributed by atoms with E-state index in [4.69, 9.17) is 11.6 Å². The Morgan fingerprint density at radius 1 is 1.11 bits per heavy atom. The average molecular weight is 387 g/mol. The number of carbonyl (C=O) groups is 2. The van der Waals surface area contributed by atoms with E-state index in [0.29, 0.717) is 24.5 Å². The predicted octanol–water partition coefficient (Wildman–Crippen LogP) is 4.63. The molecule has 0 spiro atoms. The van der Waals surface area contributed by atoms with Gasteiger partial charge in [-0.05, 0) is 48.6 Å². The topological polar surface area (TPSA) is 49.4 Å². The molecule has 0 aromatic heterocycles. The SMILES string of the molecule is CCc1cccc(C)c1NC(=O)CCN(CCc1cccc(Cl)c1)C(C)=O. The van der Waals surface area contributed by atoms with Gasteiger partial charge in [0.15, 0.2) is 0 Å². The van der Waals surface area contributed by atoms with Crippen molar-refractivity contribution < 1.29 is 9.59 Å². The maximum absolute atomic E-state index is 12.4. The summed E-state index contributed by atoms with van der Waals surface area (Å²) in [7, 11) is 0. The Kier molecular flexibility index (Phi) is 7.86. The molecule has 4 nitrogen and oxygen atoms in total. The van der Waals surface area contributed by atoms with E-state index in [2.05, 4.69) is 12.2 Å². The van der Waals surface area contributed by atoms with Crippen LogP contribution in [0, 0.1) is 6.92 Å². The minimum atomic E-state index is -0.0759. The molecule has 5 heteroatoms. The van der Waals surface area contributed by atoms with Crippen molar-refractivity contribution >= 4 is 29.1 Å². The van der Waals surface area contributed by atoms with Crippen LogP contribution in [0.2, 0.25) is 5.02 Å². The van der Waals surface area contributed by atoms with Crippen molar-refractivity contribution in [3.8, 4) is 0 Å². The zero-order valence-corrected chi connectivity index (χ0v) is 17.0. The maximum Gasteiger partial charge on any atom is 0.226 e. The minimum absolute atomic E-state index is 0.0324. The van der Waals surface area contributed by atoms with Gasteiger partial charge >= 0.3 is 0 Å². The van der Waals surface area contributed by atoms with Crippen molar-refractivity contribution in [2.45, 2.75) is 40.0 Å². The molecule has 0 aliphatic heterocycles. The highest BCUT2D eigenvalue weighted by Gasteiger charge is 2.13. The lowest BCUT2D eigenvalue weighted by atomic mass is 10.1. The van der Waals surface area contributed by atoms with Gasteiger partial charge in [-0.3, -0.25) is 9.59 Å². The summed E-state index contributed by atoms with van der Waals surface area (Å²) >= 11 is 6.01. The number of benzene rings is 2. The molecule has 2 aromatic rings. The number of halogens is 1. The number of carbonyl (C=O) groups excluding carboxylic acids is 2. The number of rotatable bonds is 8. The van der Waals surface area contributed by atoms with Gasteiger partial charge in [-0.2, -0.15) is 0 Å². The summed E-state index contributed by atoms with van der Waals surface area (Å²) in [5.74, 6) is -0.108. The van der Waals surface area contributed by atoms with Crippen LogP contribution in [0.1, 0.15) is 37.0 Å². The molecule has 0 aliphatic rings. The number of amides is 2. The van der Waals surface area contributed by atoms with Crippen molar-refractivity contribution in [2.24, 2.45) is 0 Å². The van der Waals surface area contributed by atoms with Gasteiger partial charge in [0.2, 0.25) is 11.8 Å². The van der Waals surface area contributed by atoms with E-state index >= 15 is 0 Å². The number of anilines is 1. The van der Waals surface area contributed by atoms with Crippen LogP contribution in [0.5, 0.6) is 0 Å². The fourth-order valence-electron chi connectivity index (χ4n) is 3.02. The highest BCUT2D eigenvalue weighted by Crippen LogP contribution is 2.21. The Balaban J connectivity index is 1.92. The Bertz CT molecular complexity index is 805. The van der Waals surface area contributed by atoms with Gasteiger partial charge < -0.3 is 10.2 Å². The van der Waals surface area contributed by atoms with E-state index in [-0.39, 0.29) is 18.2 Å². The Morgan fingerprint density at radius 3 is 2.52 bits per heavy atom. The van der Waals surface area contributed by atoms with Gasteiger partial charge in [-0.25, -0.2) is 0 Å². The molecular weight excluding hydrogens is 360 g/mol. The number of nitrogens with zero attached hydrogens (tertiary/aromatic N) is 1. The van der Waals surface area contributed by atoms with Crippen LogP contribution in [0.15, 0.2) is 42.5 Å². The summed E-state index contributed by atoms with van der Waals surface area (Å²) in [5.41, 5.74) is 4.13. The summed E-state index contributed by atoms with van der Waals surface area (Å²) < 4.78 is 0. The number of hydrogen-bond acceptors (Lipinski definition) is 2. The fraction of sp³-hybridized carbons (Fsp3) is 0.364. The van der Waals surface area contributed by atoms with E-state index in [1.54, 1.807) is 4.90 Å². The normalized spacial score (nSPS) is 10.5. The first-order chi connectivity index (χ1) is 12.9. The number of aryl methyl sites for hydroxylation is 2. The van der Waals surface area contributed by atoms with Gasteiger partial charge in [0.1, 0.15) is 0 Å². The molecule has 0 saturated carbocycles. The molecule has 0 saturated heterocycles. The fourth-order valence-corrected chi connectivity index (χ4v) is 3.24. The summed E-state index contributed by atoms with van der Waals surface area (Å²) in [6.07, 6.45) is 1.84. The lowest BCUT2D eigenvalue weighted by molar-refractivity contribution is -0.129. The molecule has 0 heterocycles. The number of nitrogens with one attached hydrogen (secondary N) is 1. The monoisotopic (exact) mass is 386 g/mol. The lowest BCUT2D eigenvalue weighted by Gasteiger charge is -2.21. The molecule has 2 rings (SSSR count). The van der Waals surface area contributed by atoms with E-state index < -0.39 is 0 Å². The van der Waals surface area contributed by atoms with Crippen LogP contribution in [0.4, 0.5) is 5.69 Å². The van der Waals surface area contributed by atoms with E-state index in [0.717, 1.165) is 28.8 Å². The zero-order valence-electron chi connectivity index (χ0n) is 16.2. The van der Waals surface area contributed by atoms with Gasteiger partial charge in [0, 0.05) is 37.1 Å². The number of hydrogen-bond donors (Lipinski definition) is 1. The van der Waals surface area contributed by atoms with Gasteiger partial charge in [0.05, 0.1) is 0 Å². The molecular formula is C22H27ClN2O2. The van der Waals surface area contributed by atoms with Crippen LogP contribution in [0.3, 0.4) is 0 Å². The molecule has 1 N–H and O–H groups in total. The summed E-state index contributed by atoms with van der Waals surface area (Å²) in [6, 6.07) is 13.6. The van der Waals surface area contributed by atoms with E-state index in [1.165, 1.54) is 6.92 Å². The zero-order chi connectivity index (χ0) is 19.8. The average Bonchev–Trinajstić information content (AvgIpc) is 2.63. The predicted molar refractivity (Wildman–Crippen MR) is 111 cm³/mol. The van der Waals surface area contributed by atoms with Gasteiger partial charge in [-0.15, -0.1) is 0 Å². The Hall–Kier alpha value is -2.33. The van der Waals surface area contributed by atoms with Crippen LogP contribution in [0.25, 0.3) is 0 Å². The van der Waals surface area contributed by atoms with E-state index in [9.17, 15) is 9.59 Å². The molecule has 0 atom stereocenters. The maximum atomic E-state index is 12.4. The molecule has 0 bridgehead atoms. The molecule has 0 fully saturated rings. The first kappa shape index (κ1) is 21.0. The molecule has 2 aromatic carbocycles. The van der Waals surface area contributed by atoms with Crippen molar-refractivity contribution in [2.75, 3.05) is 18.4 Å². The van der Waals surface area contributed by atoms with Crippen molar-refractivity contribution in [3.63, 3.8) is 0 Å². The third kappa shape index (κ3) is 6.40. The smallest absolute Gasteiger partial charge is 0.226 e. The third-order valence-electron chi connectivity index (χ3n) is 4.62. The minimum Gasteiger partial charge on any atom is -0.342 e. The van der Waals surface area contributed by atoms with Crippen LogP contribution in [-0.2, 0) is 22.4 Å². The quantitative estimate of drug-likeness (QED) is 0.719. The highest BCUT2D eigenvalue weighted by molar-refractivity contribution is 6.30. The first-order valence-electron chi connectivity index (χ1n) is 9.29. The van der Waals surface area contributed by atoms with Crippen LogP contribution < -0.4 is 5.32 Å². The molecule has 0 unspecified atom stereocenters. The number of para-hydroxylation sites is 1. The molecule has 144 valence electrons. The summed E-state index contributed by atoms with van der Waals surface area (Å²) in [4.78, 5) is 26.0. The Morgan fingerprint density at radius 2 is 1.85 bits per heavy atom. The third-order valence-corrected chi connectivity index (χ3v) is 4.85. The van der Waals surface area contributed by atoms with Crippen LogP contribution in [-0.4, -0.2) is 29.8 Å². The Labute approximate surface area is 166 Å². The second kappa shape index (κ2) is 10.1. The van der Waals surface area contributed by atoms with Gasteiger partial charge in [-0.1, -0.05) is 48.9 Å². The van der Waals surface area contributed by atoms with E-state index in [1.807, 2.05) is 49.4 Å². The highest BCUT2D eigenvalue weighted by atomic mass is 35.5. The summed E-state index contributed by atoms with van der Waals surface area (Å²) in [6.45, 7) is 6.55. The molecule has 0 aliphatic carbocycles. The van der Waals surface area contributed by atoms with Crippen molar-refractivity contribution in [1.82, 2.24) is 4.90 Å². The molecule has 0 radical (unpaired) electrons. The largest absolute Gasteiger partial charge is 0.342 e. The molecule has 2 amide bonds. The van der Waals surface area contributed by atoms with Crippen molar-refractivity contribution in [1.29, 1.82) is 0 Å². The second-order valence-electron chi connectivity index (χ2n) is 6.65.